The van der Waals surface area contributed by atoms with E-state index in [0.29, 0.717) is 18.0 Å². The van der Waals surface area contributed by atoms with Crippen molar-refractivity contribution in [2.24, 2.45) is 5.92 Å². The molecular weight excluding hydrogens is 290 g/mol. The molecule has 1 aromatic rings. The summed E-state index contributed by atoms with van der Waals surface area (Å²) in [5.41, 5.74) is 1.15. The van der Waals surface area contributed by atoms with E-state index in [2.05, 4.69) is 64.0 Å². The zero-order valence-corrected chi connectivity index (χ0v) is 12.9. The molecule has 2 heterocycles. The minimum atomic E-state index is 0.574. The molecule has 0 radical (unpaired) electrons. The second-order valence-corrected chi connectivity index (χ2v) is 6.42. The molecule has 4 heteroatoms. The number of aromatic nitrogens is 1. The summed E-state index contributed by atoms with van der Waals surface area (Å²) >= 11 is 3.43. The molecule has 0 amide bonds. The van der Waals surface area contributed by atoms with Gasteiger partial charge in [-0.2, -0.15) is 0 Å². The Morgan fingerprint density at radius 1 is 1.50 bits per heavy atom. The largest absolute Gasteiger partial charge is 0.311 e. The molecule has 1 N–H and O–H groups in total. The highest BCUT2D eigenvalue weighted by molar-refractivity contribution is 9.10. The molecule has 0 aromatic carbocycles. The molecule has 18 heavy (non-hydrogen) atoms. The van der Waals surface area contributed by atoms with Crippen molar-refractivity contribution in [2.75, 3.05) is 13.1 Å². The molecule has 0 aliphatic carbocycles. The van der Waals surface area contributed by atoms with Crippen molar-refractivity contribution >= 4 is 15.9 Å². The Balaban J connectivity index is 2.00. The predicted molar refractivity (Wildman–Crippen MR) is 78.4 cm³/mol. The first-order valence-corrected chi connectivity index (χ1v) is 7.43. The third-order valence-corrected chi connectivity index (χ3v) is 4.16. The van der Waals surface area contributed by atoms with Crippen LogP contribution in [-0.2, 0) is 6.54 Å². The van der Waals surface area contributed by atoms with Gasteiger partial charge in [0.05, 0.1) is 5.69 Å². The number of nitrogens with one attached hydrogen (secondary N) is 1. The van der Waals surface area contributed by atoms with Gasteiger partial charge in [0.25, 0.3) is 0 Å². The number of piperazine rings is 1. The van der Waals surface area contributed by atoms with E-state index in [-0.39, 0.29) is 0 Å². The summed E-state index contributed by atoms with van der Waals surface area (Å²) in [7, 11) is 0. The maximum absolute atomic E-state index is 4.47. The number of pyridine rings is 1. The highest BCUT2D eigenvalue weighted by Gasteiger charge is 2.26. The lowest BCUT2D eigenvalue weighted by Gasteiger charge is -2.40. The first-order valence-electron chi connectivity index (χ1n) is 6.64. The summed E-state index contributed by atoms with van der Waals surface area (Å²) < 4.78 is 1.04. The summed E-state index contributed by atoms with van der Waals surface area (Å²) in [4.78, 5) is 6.99. The van der Waals surface area contributed by atoms with Gasteiger partial charge < -0.3 is 5.32 Å². The first-order chi connectivity index (χ1) is 8.56. The zero-order chi connectivity index (χ0) is 13.1. The Morgan fingerprint density at radius 2 is 2.28 bits per heavy atom. The minimum absolute atomic E-state index is 0.574. The lowest BCUT2D eigenvalue weighted by atomic mass is 9.99. The van der Waals surface area contributed by atoms with E-state index < -0.39 is 0 Å². The third-order valence-electron chi connectivity index (χ3n) is 3.69. The summed E-state index contributed by atoms with van der Waals surface area (Å²) in [6, 6.07) is 5.33. The Labute approximate surface area is 118 Å². The maximum atomic E-state index is 4.47. The summed E-state index contributed by atoms with van der Waals surface area (Å²) in [6.45, 7) is 9.96. The number of hydrogen-bond donors (Lipinski definition) is 1. The highest BCUT2D eigenvalue weighted by atomic mass is 79.9. The van der Waals surface area contributed by atoms with E-state index in [1.54, 1.807) is 0 Å². The second kappa shape index (κ2) is 6.13. The molecule has 2 atom stereocenters. The van der Waals surface area contributed by atoms with Crippen LogP contribution in [0.5, 0.6) is 0 Å². The van der Waals surface area contributed by atoms with E-state index in [1.165, 1.54) is 0 Å². The molecular formula is C14H22BrN3. The van der Waals surface area contributed by atoms with Crippen molar-refractivity contribution in [1.82, 2.24) is 15.2 Å². The first kappa shape index (κ1) is 14.0. The van der Waals surface area contributed by atoms with Gasteiger partial charge in [-0.25, -0.2) is 0 Å². The quantitative estimate of drug-likeness (QED) is 0.930. The standard InChI is InChI=1S/C14H22BrN3/c1-10(2)14-9-18(11(3)6-17-14)8-13-5-4-12(15)7-16-13/h4-5,7,10-11,14,17H,6,8-9H2,1-3H3. The summed E-state index contributed by atoms with van der Waals surface area (Å²) in [5, 5.41) is 3.62. The molecule has 0 spiro atoms. The van der Waals surface area contributed by atoms with E-state index >= 15 is 0 Å². The third kappa shape index (κ3) is 3.53. The normalized spacial score (nSPS) is 25.6. The fraction of sp³-hybridized carbons (Fsp3) is 0.643. The molecule has 2 rings (SSSR count). The lowest BCUT2D eigenvalue weighted by molar-refractivity contribution is 0.115. The molecule has 1 aliphatic rings. The van der Waals surface area contributed by atoms with Crippen LogP contribution < -0.4 is 5.32 Å². The SMILES string of the molecule is CC(C)C1CN(Cc2ccc(Br)cn2)C(C)CN1. The van der Waals surface area contributed by atoms with Gasteiger partial charge in [0.2, 0.25) is 0 Å². The summed E-state index contributed by atoms with van der Waals surface area (Å²) in [6.07, 6.45) is 1.88. The molecule has 100 valence electrons. The molecule has 1 aromatic heterocycles. The maximum Gasteiger partial charge on any atom is 0.0544 e. The van der Waals surface area contributed by atoms with E-state index in [1.807, 2.05) is 6.20 Å². The van der Waals surface area contributed by atoms with Crippen LogP contribution in [0.3, 0.4) is 0 Å². The zero-order valence-electron chi connectivity index (χ0n) is 11.4. The smallest absolute Gasteiger partial charge is 0.0544 e. The van der Waals surface area contributed by atoms with Gasteiger partial charge in [-0.15, -0.1) is 0 Å². The van der Waals surface area contributed by atoms with Crippen molar-refractivity contribution in [3.05, 3.63) is 28.5 Å². The van der Waals surface area contributed by atoms with Gasteiger partial charge in [0.15, 0.2) is 0 Å². The Bertz CT molecular complexity index is 377. The van der Waals surface area contributed by atoms with Gasteiger partial charge in [0, 0.05) is 42.4 Å². The van der Waals surface area contributed by atoms with Crippen molar-refractivity contribution in [2.45, 2.75) is 39.4 Å². The Hall–Kier alpha value is -0.450. The molecule has 0 bridgehead atoms. The number of halogens is 1. The van der Waals surface area contributed by atoms with Crippen LogP contribution in [0.15, 0.2) is 22.8 Å². The van der Waals surface area contributed by atoms with Crippen LogP contribution >= 0.6 is 15.9 Å². The van der Waals surface area contributed by atoms with E-state index in [4.69, 9.17) is 0 Å². The van der Waals surface area contributed by atoms with Crippen molar-refractivity contribution < 1.29 is 0 Å². The molecule has 3 nitrogen and oxygen atoms in total. The average Bonchev–Trinajstić information content (AvgIpc) is 2.34. The monoisotopic (exact) mass is 311 g/mol. The fourth-order valence-corrected chi connectivity index (χ4v) is 2.56. The van der Waals surface area contributed by atoms with Gasteiger partial charge in [-0.05, 0) is 40.9 Å². The van der Waals surface area contributed by atoms with Gasteiger partial charge in [-0.3, -0.25) is 9.88 Å². The van der Waals surface area contributed by atoms with Crippen LogP contribution in [0.4, 0.5) is 0 Å². The van der Waals surface area contributed by atoms with Crippen molar-refractivity contribution in [3.63, 3.8) is 0 Å². The molecule has 0 saturated carbocycles. The van der Waals surface area contributed by atoms with Crippen molar-refractivity contribution in [3.8, 4) is 0 Å². The topological polar surface area (TPSA) is 28.2 Å². The number of nitrogens with zero attached hydrogens (tertiary/aromatic N) is 2. The van der Waals surface area contributed by atoms with E-state index in [0.717, 1.165) is 29.8 Å². The number of rotatable bonds is 3. The van der Waals surface area contributed by atoms with Crippen LogP contribution in [0.2, 0.25) is 0 Å². The Kier molecular flexibility index (Phi) is 4.76. The molecule has 1 aliphatic heterocycles. The fourth-order valence-electron chi connectivity index (χ4n) is 2.32. The van der Waals surface area contributed by atoms with Crippen LogP contribution in [-0.4, -0.2) is 35.1 Å². The molecule has 1 fully saturated rings. The number of hydrogen-bond acceptors (Lipinski definition) is 3. The van der Waals surface area contributed by atoms with Gasteiger partial charge >= 0.3 is 0 Å². The van der Waals surface area contributed by atoms with Crippen LogP contribution in [0.1, 0.15) is 26.5 Å². The molecule has 2 unspecified atom stereocenters. The van der Waals surface area contributed by atoms with Crippen LogP contribution in [0.25, 0.3) is 0 Å². The van der Waals surface area contributed by atoms with Gasteiger partial charge in [0.1, 0.15) is 0 Å². The molecule has 1 saturated heterocycles. The van der Waals surface area contributed by atoms with Crippen LogP contribution in [0, 0.1) is 5.92 Å². The average molecular weight is 312 g/mol. The second-order valence-electron chi connectivity index (χ2n) is 5.50. The van der Waals surface area contributed by atoms with Crippen molar-refractivity contribution in [1.29, 1.82) is 0 Å². The summed E-state index contributed by atoms with van der Waals surface area (Å²) in [5.74, 6) is 0.679. The minimum Gasteiger partial charge on any atom is -0.311 e. The van der Waals surface area contributed by atoms with Gasteiger partial charge in [-0.1, -0.05) is 13.8 Å². The van der Waals surface area contributed by atoms with E-state index in [9.17, 15) is 0 Å². The predicted octanol–water partition coefficient (Wildman–Crippen LogP) is 2.66. The Morgan fingerprint density at radius 3 is 2.89 bits per heavy atom. The lowest BCUT2D eigenvalue weighted by Crippen LogP contribution is -2.56. The highest BCUT2D eigenvalue weighted by Crippen LogP contribution is 2.16.